The molecule has 0 bridgehead atoms. The van der Waals surface area contributed by atoms with Crippen LogP contribution in [0.5, 0.6) is 0 Å². The highest BCUT2D eigenvalue weighted by Gasteiger charge is 2.32. The maximum atomic E-state index is 12.1. The minimum Gasteiger partial charge on any atom is -0.331 e. The van der Waals surface area contributed by atoms with Crippen LogP contribution in [0.2, 0.25) is 0 Å². The van der Waals surface area contributed by atoms with Crippen molar-refractivity contribution in [1.29, 1.82) is 0 Å². The fourth-order valence-electron chi connectivity index (χ4n) is 1.49. The molecule has 0 atom stereocenters. The largest absolute Gasteiger partial charge is 0.331 e. The first-order valence-corrected chi connectivity index (χ1v) is 6.50. The number of carbonyl (C=O) groups is 1. The molecular formula is C11H12BrNOS. The summed E-state index contributed by atoms with van der Waals surface area (Å²) in [6, 6.07) is 4.23. The molecule has 1 aromatic rings. The van der Waals surface area contributed by atoms with Gasteiger partial charge in [-0.3, -0.25) is 4.79 Å². The Balaban J connectivity index is 2.13. The molecule has 4 heteroatoms. The van der Waals surface area contributed by atoms with Crippen molar-refractivity contribution < 1.29 is 4.79 Å². The number of rotatable bonds is 4. The maximum absolute atomic E-state index is 12.1. The molecule has 1 aliphatic carbocycles. The summed E-state index contributed by atoms with van der Waals surface area (Å²) < 4.78 is 1.00. The second kappa shape index (κ2) is 4.49. The van der Waals surface area contributed by atoms with Crippen molar-refractivity contribution in [3.05, 3.63) is 33.5 Å². The molecule has 0 N–H and O–H groups in total. The van der Waals surface area contributed by atoms with Crippen molar-refractivity contribution in [1.82, 2.24) is 4.90 Å². The van der Waals surface area contributed by atoms with E-state index in [-0.39, 0.29) is 5.91 Å². The number of hydrogen-bond donors (Lipinski definition) is 0. The second-order valence-corrected chi connectivity index (χ2v) is 6.04. The molecule has 80 valence electrons. The maximum Gasteiger partial charge on any atom is 0.264 e. The summed E-state index contributed by atoms with van der Waals surface area (Å²) >= 11 is 4.86. The van der Waals surface area contributed by atoms with Gasteiger partial charge < -0.3 is 4.90 Å². The molecule has 2 nitrogen and oxygen atoms in total. The average Bonchev–Trinajstić information content (AvgIpc) is 2.96. The zero-order valence-corrected chi connectivity index (χ0v) is 10.7. The Hall–Kier alpha value is -0.610. The third-order valence-corrected chi connectivity index (χ3v) is 3.97. The van der Waals surface area contributed by atoms with E-state index in [0.717, 1.165) is 21.5 Å². The molecule has 1 amide bonds. The van der Waals surface area contributed by atoms with E-state index in [9.17, 15) is 4.79 Å². The van der Waals surface area contributed by atoms with Gasteiger partial charge in [0, 0.05) is 12.6 Å². The molecule has 1 heterocycles. The van der Waals surface area contributed by atoms with E-state index < -0.39 is 0 Å². The van der Waals surface area contributed by atoms with Crippen molar-refractivity contribution >= 4 is 33.2 Å². The Kier molecular flexibility index (Phi) is 3.26. The lowest BCUT2D eigenvalue weighted by Gasteiger charge is -2.19. The first-order valence-electron chi connectivity index (χ1n) is 4.89. The predicted molar refractivity (Wildman–Crippen MR) is 66.3 cm³/mol. The normalized spacial score (nSPS) is 15.0. The summed E-state index contributed by atoms with van der Waals surface area (Å²) in [4.78, 5) is 14.8. The van der Waals surface area contributed by atoms with E-state index in [2.05, 4.69) is 22.5 Å². The minimum atomic E-state index is 0.133. The van der Waals surface area contributed by atoms with Crippen LogP contribution in [0, 0.1) is 0 Å². The van der Waals surface area contributed by atoms with Gasteiger partial charge in [-0.2, -0.15) is 0 Å². The smallest absolute Gasteiger partial charge is 0.264 e. The average molecular weight is 286 g/mol. The van der Waals surface area contributed by atoms with E-state index in [1.54, 1.807) is 6.08 Å². The molecule has 0 unspecified atom stereocenters. The summed E-state index contributed by atoms with van der Waals surface area (Å²) in [6.45, 7) is 4.34. The van der Waals surface area contributed by atoms with E-state index >= 15 is 0 Å². The lowest BCUT2D eigenvalue weighted by molar-refractivity contribution is 0.0767. The number of amides is 1. The van der Waals surface area contributed by atoms with Crippen molar-refractivity contribution in [2.24, 2.45) is 0 Å². The summed E-state index contributed by atoms with van der Waals surface area (Å²) in [7, 11) is 0. The third-order valence-electron chi connectivity index (χ3n) is 2.36. The summed E-state index contributed by atoms with van der Waals surface area (Å²) in [5.41, 5.74) is 0. The SMILES string of the molecule is C=CCN(C(=O)c1ccc(Br)s1)C1CC1. The van der Waals surface area contributed by atoms with Gasteiger partial charge in [0.15, 0.2) is 0 Å². The van der Waals surface area contributed by atoms with Gasteiger partial charge in [0.05, 0.1) is 8.66 Å². The first-order chi connectivity index (χ1) is 7.22. The minimum absolute atomic E-state index is 0.133. The lowest BCUT2D eigenvalue weighted by atomic mass is 10.3. The molecule has 2 rings (SSSR count). The Morgan fingerprint density at radius 2 is 2.40 bits per heavy atom. The van der Waals surface area contributed by atoms with Crippen LogP contribution in [0.15, 0.2) is 28.6 Å². The van der Waals surface area contributed by atoms with E-state index in [4.69, 9.17) is 0 Å². The third kappa shape index (κ3) is 2.49. The molecule has 1 aromatic heterocycles. The van der Waals surface area contributed by atoms with Gasteiger partial charge in [-0.15, -0.1) is 17.9 Å². The van der Waals surface area contributed by atoms with E-state index in [1.807, 2.05) is 17.0 Å². The summed E-state index contributed by atoms with van der Waals surface area (Å²) in [5.74, 6) is 0.133. The molecule has 0 saturated heterocycles. The van der Waals surface area contributed by atoms with Gasteiger partial charge >= 0.3 is 0 Å². The van der Waals surface area contributed by atoms with Crippen LogP contribution >= 0.6 is 27.3 Å². The van der Waals surface area contributed by atoms with Crippen molar-refractivity contribution in [2.75, 3.05) is 6.54 Å². The number of halogens is 1. The van der Waals surface area contributed by atoms with Crippen LogP contribution in [0.25, 0.3) is 0 Å². The van der Waals surface area contributed by atoms with Crippen molar-refractivity contribution in [3.8, 4) is 0 Å². The Morgan fingerprint density at radius 1 is 1.67 bits per heavy atom. The number of hydrogen-bond acceptors (Lipinski definition) is 2. The Bertz CT molecular complexity index is 384. The molecular weight excluding hydrogens is 274 g/mol. The molecule has 0 radical (unpaired) electrons. The predicted octanol–water partition coefficient (Wildman–Crippen LogP) is 3.30. The van der Waals surface area contributed by atoms with Crippen LogP contribution < -0.4 is 0 Å². The fraction of sp³-hybridized carbons (Fsp3) is 0.364. The lowest BCUT2D eigenvalue weighted by Crippen LogP contribution is -2.32. The number of carbonyl (C=O) groups excluding carboxylic acids is 1. The van der Waals surface area contributed by atoms with Crippen LogP contribution in [0.1, 0.15) is 22.5 Å². The zero-order valence-electron chi connectivity index (χ0n) is 8.28. The number of nitrogens with zero attached hydrogens (tertiary/aromatic N) is 1. The van der Waals surface area contributed by atoms with Gasteiger partial charge in [-0.05, 0) is 40.9 Å². The first kappa shape index (κ1) is 10.9. The Morgan fingerprint density at radius 3 is 2.87 bits per heavy atom. The van der Waals surface area contributed by atoms with Crippen LogP contribution in [0.4, 0.5) is 0 Å². The van der Waals surface area contributed by atoms with Crippen LogP contribution in [0.3, 0.4) is 0 Å². The molecule has 1 saturated carbocycles. The summed E-state index contributed by atoms with van der Waals surface area (Å²) in [5, 5.41) is 0. The molecule has 15 heavy (non-hydrogen) atoms. The van der Waals surface area contributed by atoms with E-state index in [1.165, 1.54) is 11.3 Å². The van der Waals surface area contributed by atoms with Gasteiger partial charge in [0.2, 0.25) is 0 Å². The molecule has 1 aliphatic rings. The quantitative estimate of drug-likeness (QED) is 0.778. The van der Waals surface area contributed by atoms with Gasteiger partial charge in [-0.1, -0.05) is 6.08 Å². The molecule has 0 spiro atoms. The highest BCUT2D eigenvalue weighted by Crippen LogP contribution is 2.30. The fourth-order valence-corrected chi connectivity index (χ4v) is 2.84. The molecule has 1 fully saturated rings. The number of thiophene rings is 1. The van der Waals surface area contributed by atoms with Gasteiger partial charge in [0.1, 0.15) is 0 Å². The highest BCUT2D eigenvalue weighted by molar-refractivity contribution is 9.11. The van der Waals surface area contributed by atoms with Crippen molar-refractivity contribution in [2.45, 2.75) is 18.9 Å². The summed E-state index contributed by atoms with van der Waals surface area (Å²) in [6.07, 6.45) is 4.05. The second-order valence-electron chi connectivity index (χ2n) is 3.58. The molecule has 0 aliphatic heterocycles. The zero-order chi connectivity index (χ0) is 10.8. The highest BCUT2D eigenvalue weighted by atomic mass is 79.9. The van der Waals surface area contributed by atoms with Gasteiger partial charge in [-0.25, -0.2) is 0 Å². The topological polar surface area (TPSA) is 20.3 Å². The van der Waals surface area contributed by atoms with Crippen molar-refractivity contribution in [3.63, 3.8) is 0 Å². The Labute approximate surface area is 102 Å². The standard InChI is InChI=1S/C11H12BrNOS/c1-2-7-13(8-3-4-8)11(14)9-5-6-10(12)15-9/h2,5-6,8H,1,3-4,7H2. The van der Waals surface area contributed by atoms with Crippen LogP contribution in [-0.2, 0) is 0 Å². The van der Waals surface area contributed by atoms with Crippen LogP contribution in [-0.4, -0.2) is 23.4 Å². The monoisotopic (exact) mass is 285 g/mol. The van der Waals surface area contributed by atoms with Gasteiger partial charge in [0.25, 0.3) is 5.91 Å². The molecule has 0 aromatic carbocycles. The van der Waals surface area contributed by atoms with E-state index in [0.29, 0.717) is 12.6 Å².